The summed E-state index contributed by atoms with van der Waals surface area (Å²) in [7, 11) is 5.92. The molecule has 2 aliphatic rings. The summed E-state index contributed by atoms with van der Waals surface area (Å²) in [6.45, 7) is 10.9. The van der Waals surface area contributed by atoms with Crippen molar-refractivity contribution in [2.75, 3.05) is 59.9 Å². The molecule has 0 spiro atoms. The molecule has 117 heavy (non-hydrogen) atoms. The summed E-state index contributed by atoms with van der Waals surface area (Å²) in [5, 5.41) is 59.5. The van der Waals surface area contributed by atoms with Gasteiger partial charge in [-0.25, -0.2) is 18.7 Å². The summed E-state index contributed by atoms with van der Waals surface area (Å²) in [4.78, 5) is 34.2. The molecule has 2 amide bonds. The zero-order valence-electron chi connectivity index (χ0n) is 63.4. The maximum atomic E-state index is 13.2. The van der Waals surface area contributed by atoms with E-state index < -0.39 is 0 Å². The standard InChI is InChI=1S/C26H27ClN6O.C23H20ClN5O.C21H20ClN5.C18H13ClN4.3CH4/c1-18(2)31-13-15-32(16-14-31)21(34)17-33-26-22(24(30-33)19-9-5-3-6-10-19)23(27)25(28-29-26)20-11-7-4-8-12-20;24-20-19-21(16-9-3-1-4-10-16)27-29(15-18(30)28-13-7-8-14-28)23(19)26-25-22(20)17-11-5-2-6-12-17;1-26(2)13-14-27-21-17(19(25-27)15-9-5-3-6-10-15)18(22)20(23-24-21)16-11-7-4-8-12-16;1-23-18-14(16(22-23)12-8-4-2-5-9-12)15(19)17(20-21-18)13-10-6-3-7-11-13;;;/h3-12,18H,13-17H2,1-2H3;1-6,9-12H,7-8,13-15H2;3-12H,13-14H2,1-2H3;2-11H,1H3;3*1H4. The van der Waals surface area contributed by atoms with Gasteiger partial charge in [-0.15, -0.1) is 40.8 Å². The van der Waals surface area contributed by atoms with Crippen molar-refractivity contribution < 1.29 is 9.59 Å². The second kappa shape index (κ2) is 38.6. The first-order valence-corrected chi connectivity index (χ1v) is 39.2. The van der Waals surface area contributed by atoms with Crippen LogP contribution in [0.25, 0.3) is 134 Å². The molecule has 26 heteroatoms. The van der Waals surface area contributed by atoms with Crippen LogP contribution in [0, 0.1) is 0 Å². The SMILES string of the molecule is C.C.C.CC(C)N1CCN(C(=O)Cn2nc(-c3ccccc3)c3c(Cl)c(-c4ccccc4)nnc32)CC1.CN(C)CCn1nc(-c2ccccc2)c2c(Cl)c(-c3ccccc3)nnc21.Cn1nc(-c2ccccc2)c2c(Cl)c(-c3ccccc3)nnc21.O=C(Cn1nc(-c2ccccc2)c2c(Cl)c(-c3ccccc3)nnc21)N1CCCC1. The second-order valence-electron chi connectivity index (χ2n) is 28.1. The molecule has 2 fully saturated rings. The monoisotopic (exact) mass is 1640 g/mol. The van der Waals surface area contributed by atoms with Crippen molar-refractivity contribution >= 4 is 102 Å². The van der Waals surface area contributed by atoms with Crippen LogP contribution in [0.5, 0.6) is 0 Å². The van der Waals surface area contributed by atoms with Crippen LogP contribution in [-0.4, -0.2) is 177 Å². The number of aryl methyl sites for hydroxylation is 1. The molecule has 0 aliphatic carbocycles. The van der Waals surface area contributed by atoms with E-state index in [0.717, 1.165) is 112 Å². The Labute approximate surface area is 701 Å². The third kappa shape index (κ3) is 18.5. The van der Waals surface area contributed by atoms with Crippen LogP contribution in [0.3, 0.4) is 0 Å². The van der Waals surface area contributed by atoms with Gasteiger partial charge < -0.3 is 14.7 Å². The van der Waals surface area contributed by atoms with Gasteiger partial charge in [-0.2, -0.15) is 20.4 Å². The minimum atomic E-state index is 0. The van der Waals surface area contributed by atoms with Gasteiger partial charge in [0, 0.05) is 103 Å². The van der Waals surface area contributed by atoms with Crippen molar-refractivity contribution in [3.63, 3.8) is 0 Å². The van der Waals surface area contributed by atoms with Gasteiger partial charge in [0.05, 0.1) is 48.2 Å². The summed E-state index contributed by atoms with van der Waals surface area (Å²) in [5.74, 6) is 0.0686. The lowest BCUT2D eigenvalue weighted by Gasteiger charge is -2.36. The number of aromatic nitrogens is 16. The highest BCUT2D eigenvalue weighted by Crippen LogP contribution is 2.42. The largest absolute Gasteiger partial charge is 0.341 e. The number of fused-ring (bicyclic) bond motifs is 4. The molecular weight excluding hydrogens is 1550 g/mol. The highest BCUT2D eigenvalue weighted by atomic mass is 35.5. The fourth-order valence-electron chi connectivity index (χ4n) is 14.0. The number of likely N-dealkylation sites (N-methyl/N-ethyl adjacent to an activating group) is 1. The van der Waals surface area contributed by atoms with E-state index in [2.05, 4.69) is 69.5 Å². The van der Waals surface area contributed by atoms with Gasteiger partial charge >= 0.3 is 0 Å². The molecule has 22 nitrogen and oxygen atoms in total. The van der Waals surface area contributed by atoms with Crippen molar-refractivity contribution in [1.82, 2.24) is 99.5 Å². The minimum absolute atomic E-state index is 0. The van der Waals surface area contributed by atoms with E-state index >= 15 is 0 Å². The van der Waals surface area contributed by atoms with Crippen molar-refractivity contribution in [1.29, 1.82) is 0 Å². The summed E-state index contributed by atoms with van der Waals surface area (Å²) in [5.41, 5.74) is 15.5. The molecule has 16 aromatic rings. The molecule has 0 N–H and O–H groups in total. The normalized spacial score (nSPS) is 12.6. The number of rotatable bonds is 16. The number of amides is 2. The second-order valence-corrected chi connectivity index (χ2v) is 29.6. The van der Waals surface area contributed by atoms with Crippen LogP contribution in [0.2, 0.25) is 20.1 Å². The third-order valence-electron chi connectivity index (χ3n) is 20.0. The Bertz CT molecular complexity index is 6010. The lowest BCUT2D eigenvalue weighted by atomic mass is 10.1. The van der Waals surface area contributed by atoms with Gasteiger partial charge in [-0.1, -0.05) is 311 Å². The lowest BCUT2D eigenvalue weighted by molar-refractivity contribution is -0.134. The van der Waals surface area contributed by atoms with Gasteiger partial charge in [-0.3, -0.25) is 14.5 Å². The quantitative estimate of drug-likeness (QED) is 0.0877. The van der Waals surface area contributed by atoms with Gasteiger partial charge in [0.25, 0.3) is 0 Å². The Morgan fingerprint density at radius 1 is 0.333 bits per heavy atom. The Morgan fingerprint density at radius 2 is 0.581 bits per heavy atom. The van der Waals surface area contributed by atoms with Crippen LogP contribution in [0.15, 0.2) is 243 Å². The molecule has 18 rings (SSSR count). The molecule has 8 aromatic carbocycles. The average molecular weight is 1640 g/mol. The number of piperazine rings is 1. The zero-order valence-corrected chi connectivity index (χ0v) is 66.5. The lowest BCUT2D eigenvalue weighted by Crippen LogP contribution is -2.51. The van der Waals surface area contributed by atoms with Crippen LogP contribution >= 0.6 is 46.4 Å². The van der Waals surface area contributed by atoms with Gasteiger partial charge in [0.1, 0.15) is 58.6 Å². The van der Waals surface area contributed by atoms with E-state index in [1.807, 2.05) is 278 Å². The Kier molecular flexibility index (Phi) is 27.9. The third-order valence-corrected chi connectivity index (χ3v) is 21.5. The molecule has 8 aromatic heterocycles. The van der Waals surface area contributed by atoms with E-state index in [4.69, 9.17) is 61.7 Å². The average Bonchev–Trinajstić information content (AvgIpc) is 1.60. The minimum Gasteiger partial charge on any atom is -0.341 e. The molecule has 0 atom stereocenters. The van der Waals surface area contributed by atoms with Crippen LogP contribution in [0.1, 0.15) is 49.0 Å². The topological polar surface area (TPSA) is 221 Å². The molecular formula is C91H92Cl4N20O2. The highest BCUT2D eigenvalue weighted by molar-refractivity contribution is 6.40. The molecule has 2 aliphatic heterocycles. The van der Waals surface area contributed by atoms with Crippen LogP contribution < -0.4 is 0 Å². The first kappa shape index (κ1) is 84.4. The Balaban J connectivity index is 0.000000144. The fourth-order valence-corrected chi connectivity index (χ4v) is 15.3. The number of benzene rings is 8. The zero-order chi connectivity index (χ0) is 78.8. The molecule has 2 saturated heterocycles. The van der Waals surface area contributed by atoms with Crippen LogP contribution in [-0.2, 0) is 36.3 Å². The summed E-state index contributed by atoms with van der Waals surface area (Å²) >= 11 is 27.3. The fraction of sp³-hybridized carbons (Fsp3) is 0.231. The molecule has 0 saturated carbocycles. The maximum Gasteiger partial charge on any atom is 0.244 e. The summed E-state index contributed by atoms with van der Waals surface area (Å²) in [6.07, 6.45) is 2.10. The number of nitrogens with zero attached hydrogens (tertiary/aromatic N) is 20. The molecule has 0 radical (unpaired) electrons. The van der Waals surface area contributed by atoms with Crippen molar-refractivity contribution in [3.8, 4) is 90.1 Å². The summed E-state index contributed by atoms with van der Waals surface area (Å²) < 4.78 is 6.88. The van der Waals surface area contributed by atoms with E-state index in [1.54, 1.807) is 14.0 Å². The first-order valence-electron chi connectivity index (χ1n) is 37.7. The van der Waals surface area contributed by atoms with Crippen LogP contribution in [0.4, 0.5) is 0 Å². The number of likely N-dealkylation sites (tertiary alicyclic amines) is 1. The highest BCUT2D eigenvalue weighted by Gasteiger charge is 2.30. The van der Waals surface area contributed by atoms with Crippen molar-refractivity contribution in [2.24, 2.45) is 7.05 Å². The van der Waals surface area contributed by atoms with E-state index in [-0.39, 0.29) is 47.2 Å². The van der Waals surface area contributed by atoms with E-state index in [1.165, 1.54) is 0 Å². The van der Waals surface area contributed by atoms with E-state index in [9.17, 15) is 9.59 Å². The number of hydrogen-bond donors (Lipinski definition) is 0. The number of carbonyl (C=O) groups is 2. The predicted octanol–water partition coefficient (Wildman–Crippen LogP) is 19.4. The van der Waals surface area contributed by atoms with Crippen molar-refractivity contribution in [2.45, 2.75) is 74.6 Å². The molecule has 596 valence electrons. The Hall–Kier alpha value is -12.0. The van der Waals surface area contributed by atoms with Gasteiger partial charge in [-0.05, 0) is 40.8 Å². The smallest absolute Gasteiger partial charge is 0.244 e. The first-order chi connectivity index (χ1) is 55.6. The predicted molar refractivity (Wildman–Crippen MR) is 474 cm³/mol. The maximum absolute atomic E-state index is 13.2. The Morgan fingerprint density at radius 3 is 0.872 bits per heavy atom. The number of carbonyl (C=O) groups excluding carboxylic acids is 2. The van der Waals surface area contributed by atoms with E-state index in [0.29, 0.717) is 113 Å². The van der Waals surface area contributed by atoms with Gasteiger partial charge in [0.2, 0.25) is 11.8 Å². The van der Waals surface area contributed by atoms with Gasteiger partial charge in [0.15, 0.2) is 22.6 Å². The van der Waals surface area contributed by atoms with Crippen molar-refractivity contribution in [3.05, 3.63) is 263 Å². The number of hydrogen-bond acceptors (Lipinski definition) is 16. The summed E-state index contributed by atoms with van der Waals surface area (Å²) in [6, 6.07) is 79.4. The molecule has 0 bridgehead atoms. The molecule has 10 heterocycles. The molecule has 0 unspecified atom stereocenters. The number of halogens is 4.